The summed E-state index contributed by atoms with van der Waals surface area (Å²) < 4.78 is 22.0. The number of nitrogens with zero attached hydrogens (tertiary/aromatic N) is 4. The average molecular weight is 515 g/mol. The van der Waals surface area contributed by atoms with Crippen molar-refractivity contribution < 1.29 is 9.05 Å². The lowest BCUT2D eigenvalue weighted by Gasteiger charge is -2.30. The van der Waals surface area contributed by atoms with Crippen molar-refractivity contribution in [1.29, 1.82) is 0 Å². The molecule has 0 saturated heterocycles. The summed E-state index contributed by atoms with van der Waals surface area (Å²) in [6.07, 6.45) is 31.0. The molecule has 8 heteroatoms. The van der Waals surface area contributed by atoms with Gasteiger partial charge in [0.15, 0.2) is 0 Å². The van der Waals surface area contributed by atoms with Crippen molar-refractivity contribution in [1.82, 2.24) is 17.4 Å². The maximum Gasteiger partial charge on any atom is 0.317 e. The van der Waals surface area contributed by atoms with E-state index < -0.39 is 16.9 Å². The van der Waals surface area contributed by atoms with E-state index in [4.69, 9.17) is 9.05 Å². The highest BCUT2D eigenvalue weighted by Gasteiger charge is 2.30. The van der Waals surface area contributed by atoms with Gasteiger partial charge in [0.2, 0.25) is 0 Å². The van der Waals surface area contributed by atoms with Crippen LogP contribution in [0.5, 0.6) is 0 Å². The minimum absolute atomic E-state index is 0.0725. The van der Waals surface area contributed by atoms with Crippen molar-refractivity contribution in [2.75, 3.05) is 0 Å². The van der Waals surface area contributed by atoms with E-state index in [2.05, 4.69) is 42.2 Å². The van der Waals surface area contributed by atoms with Crippen LogP contribution in [-0.2, 0) is 9.05 Å². The molecule has 36 heavy (non-hydrogen) atoms. The fraction of sp³-hybridized carbons (Fsp3) is 0.0714. The monoisotopic (exact) mass is 514 g/mol. The van der Waals surface area contributed by atoms with Crippen LogP contribution in [0.3, 0.4) is 0 Å². The largest absolute Gasteiger partial charge is 0.440 e. The van der Waals surface area contributed by atoms with Gasteiger partial charge in [-0.05, 0) is 67.1 Å². The quantitative estimate of drug-likeness (QED) is 0.116. The normalized spacial score (nSPS) is 16.1. The Balaban J connectivity index is 1.48. The van der Waals surface area contributed by atoms with E-state index in [1.165, 1.54) is 0 Å². The number of allylic oxidation sites excluding steroid dienone is 7. The highest BCUT2D eigenvalue weighted by molar-refractivity contribution is 7.49. The third kappa shape index (κ3) is 5.57. The van der Waals surface area contributed by atoms with Crippen LogP contribution in [0.25, 0.3) is 0 Å². The average Bonchev–Trinajstić information content (AvgIpc) is 3.73. The summed E-state index contributed by atoms with van der Waals surface area (Å²) in [6.45, 7) is 3.81. The van der Waals surface area contributed by atoms with Gasteiger partial charge in [-0.3, -0.25) is 17.4 Å². The molecule has 0 aromatic carbocycles. The SMILES string of the molecule is C=C/C=C\C=C(/OP(n1cccc1)n1cccc1)C1CC=CC=C1OP(n1cccc1)n1cccc1. The second-order valence-electron chi connectivity index (χ2n) is 7.92. The van der Waals surface area contributed by atoms with Crippen LogP contribution in [0.1, 0.15) is 6.42 Å². The first-order chi connectivity index (χ1) is 17.8. The van der Waals surface area contributed by atoms with Crippen LogP contribution in [0, 0.1) is 5.92 Å². The summed E-state index contributed by atoms with van der Waals surface area (Å²) in [5.41, 5.74) is 0. The zero-order chi connectivity index (χ0) is 24.6. The zero-order valence-electron chi connectivity index (χ0n) is 19.8. The van der Waals surface area contributed by atoms with E-state index in [9.17, 15) is 0 Å². The predicted octanol–water partition coefficient (Wildman–Crippen LogP) is 7.96. The molecular weight excluding hydrogens is 486 g/mol. The molecule has 0 spiro atoms. The number of hydrogen-bond acceptors (Lipinski definition) is 2. The molecular formula is C28H28N4O2P2. The lowest BCUT2D eigenvalue weighted by molar-refractivity contribution is 0.319. The van der Waals surface area contributed by atoms with E-state index in [-0.39, 0.29) is 5.92 Å². The second-order valence-corrected chi connectivity index (χ2v) is 11.1. The van der Waals surface area contributed by atoms with Gasteiger partial charge in [0, 0.05) is 49.6 Å². The molecule has 0 bridgehead atoms. The van der Waals surface area contributed by atoms with Crippen molar-refractivity contribution in [2.45, 2.75) is 6.42 Å². The summed E-state index contributed by atoms with van der Waals surface area (Å²) in [5.74, 6) is 1.64. The number of hydrogen-bond donors (Lipinski definition) is 0. The Hall–Kier alpha value is -3.72. The lowest BCUT2D eigenvalue weighted by Crippen LogP contribution is -2.15. The molecule has 4 heterocycles. The minimum Gasteiger partial charge on any atom is -0.440 e. The smallest absolute Gasteiger partial charge is 0.317 e. The van der Waals surface area contributed by atoms with Gasteiger partial charge in [-0.15, -0.1) is 0 Å². The first kappa shape index (κ1) is 24.0. The highest BCUT2D eigenvalue weighted by atomic mass is 31.2. The molecule has 1 aliphatic rings. The van der Waals surface area contributed by atoms with Crippen LogP contribution in [0.15, 0.2) is 159 Å². The maximum absolute atomic E-state index is 6.82. The third-order valence-electron chi connectivity index (χ3n) is 5.48. The van der Waals surface area contributed by atoms with E-state index >= 15 is 0 Å². The highest BCUT2D eigenvalue weighted by Crippen LogP contribution is 2.49. The molecule has 0 amide bonds. The van der Waals surface area contributed by atoms with Gasteiger partial charge in [-0.25, -0.2) is 0 Å². The lowest BCUT2D eigenvalue weighted by atomic mass is 9.96. The van der Waals surface area contributed by atoms with Crippen molar-refractivity contribution >= 4 is 16.9 Å². The van der Waals surface area contributed by atoms with E-state index in [0.29, 0.717) is 0 Å². The van der Waals surface area contributed by atoms with Gasteiger partial charge in [0.1, 0.15) is 11.5 Å². The van der Waals surface area contributed by atoms with E-state index in [1.54, 1.807) is 6.08 Å². The molecule has 182 valence electrons. The molecule has 1 atom stereocenters. The summed E-state index contributed by atoms with van der Waals surface area (Å²) in [7, 11) is -2.33. The maximum atomic E-state index is 6.82. The van der Waals surface area contributed by atoms with Crippen molar-refractivity contribution in [2.24, 2.45) is 5.92 Å². The topological polar surface area (TPSA) is 38.2 Å². The van der Waals surface area contributed by atoms with Crippen molar-refractivity contribution in [3.8, 4) is 0 Å². The zero-order valence-corrected chi connectivity index (χ0v) is 21.6. The van der Waals surface area contributed by atoms with Crippen LogP contribution >= 0.6 is 16.9 Å². The third-order valence-corrected chi connectivity index (χ3v) is 8.88. The Morgan fingerprint density at radius 1 is 0.750 bits per heavy atom. The number of aromatic nitrogens is 4. The van der Waals surface area contributed by atoms with Gasteiger partial charge in [-0.2, -0.15) is 0 Å². The Morgan fingerprint density at radius 2 is 1.25 bits per heavy atom. The first-order valence-corrected chi connectivity index (χ1v) is 14.0. The molecule has 0 fully saturated rings. The van der Waals surface area contributed by atoms with Crippen molar-refractivity contribution in [3.05, 3.63) is 159 Å². The van der Waals surface area contributed by atoms with E-state index in [1.807, 2.05) is 116 Å². The summed E-state index contributed by atoms with van der Waals surface area (Å²) in [5, 5.41) is 0. The molecule has 6 nitrogen and oxygen atoms in total. The molecule has 0 N–H and O–H groups in total. The molecule has 1 unspecified atom stereocenters. The fourth-order valence-electron chi connectivity index (χ4n) is 3.77. The summed E-state index contributed by atoms with van der Waals surface area (Å²) >= 11 is 0. The second kappa shape index (κ2) is 11.8. The van der Waals surface area contributed by atoms with Gasteiger partial charge < -0.3 is 9.05 Å². The Labute approximate surface area is 214 Å². The van der Waals surface area contributed by atoms with Crippen molar-refractivity contribution in [3.63, 3.8) is 0 Å². The van der Waals surface area contributed by atoms with Crippen LogP contribution in [0.4, 0.5) is 0 Å². The number of rotatable bonds is 11. The molecule has 1 aliphatic carbocycles. The molecule has 0 aliphatic heterocycles. The van der Waals surface area contributed by atoms with Crippen LogP contribution < -0.4 is 0 Å². The summed E-state index contributed by atoms with van der Waals surface area (Å²) in [6, 6.07) is 16.1. The van der Waals surface area contributed by atoms with Gasteiger partial charge in [0.05, 0.1) is 5.92 Å². The fourth-order valence-corrected chi connectivity index (χ4v) is 6.91. The first-order valence-electron chi connectivity index (χ1n) is 11.7. The van der Waals surface area contributed by atoms with Gasteiger partial charge in [0.25, 0.3) is 0 Å². The minimum atomic E-state index is -1.18. The molecule has 4 aromatic heterocycles. The molecule has 0 radical (unpaired) electrons. The Morgan fingerprint density at radius 3 is 1.75 bits per heavy atom. The molecule has 4 aromatic rings. The predicted molar refractivity (Wildman–Crippen MR) is 148 cm³/mol. The van der Waals surface area contributed by atoms with Gasteiger partial charge >= 0.3 is 16.9 Å². The van der Waals surface area contributed by atoms with E-state index in [0.717, 1.165) is 17.9 Å². The Bertz CT molecular complexity index is 1260. The van der Waals surface area contributed by atoms with Gasteiger partial charge in [-0.1, -0.05) is 37.0 Å². The standard InChI is InChI=1S/C28H28N4O2P2/c1-2-3-4-16-27(33-35(29-18-7-8-19-29)30-20-9-10-21-30)26-15-5-6-17-28(26)34-36(31-22-11-12-23-31)32-24-13-14-25-32/h2-14,16-26H,1,15H2/b4-3-,27-16-. The molecule has 5 rings (SSSR count). The van der Waals surface area contributed by atoms with Crippen LogP contribution in [0.2, 0.25) is 0 Å². The Kier molecular flexibility index (Phi) is 7.87. The molecule has 0 saturated carbocycles. The van der Waals surface area contributed by atoms with Crippen LogP contribution in [-0.4, -0.2) is 17.4 Å². The summed E-state index contributed by atoms with van der Waals surface area (Å²) in [4.78, 5) is 0.